The van der Waals surface area contributed by atoms with Crippen molar-refractivity contribution in [1.29, 1.82) is 0 Å². The van der Waals surface area contributed by atoms with Crippen molar-refractivity contribution in [3.63, 3.8) is 0 Å². The van der Waals surface area contributed by atoms with Crippen LogP contribution in [-0.2, 0) is 9.47 Å². The smallest absolute Gasteiger partial charge is 0.0599 e. The molecular formula is C19H33NO2. The van der Waals surface area contributed by atoms with Crippen molar-refractivity contribution in [1.82, 2.24) is 4.90 Å². The van der Waals surface area contributed by atoms with Gasteiger partial charge in [0.2, 0.25) is 0 Å². The molecule has 126 valence electrons. The molecule has 0 saturated carbocycles. The molecule has 0 radical (unpaired) electrons. The van der Waals surface area contributed by atoms with Crippen molar-refractivity contribution in [2.45, 2.75) is 52.1 Å². The van der Waals surface area contributed by atoms with Crippen LogP contribution in [0.3, 0.4) is 0 Å². The SMILES string of the molecule is CC1=CCC[C@H](C)[C@@H]1CN1CCC(OC[C@H]2CCOC2)CC1. The van der Waals surface area contributed by atoms with E-state index in [4.69, 9.17) is 9.47 Å². The van der Waals surface area contributed by atoms with Gasteiger partial charge in [-0.3, -0.25) is 0 Å². The van der Waals surface area contributed by atoms with Gasteiger partial charge in [-0.15, -0.1) is 0 Å². The van der Waals surface area contributed by atoms with Crippen molar-refractivity contribution in [3.05, 3.63) is 11.6 Å². The number of hydrogen-bond acceptors (Lipinski definition) is 3. The number of ether oxygens (including phenoxy) is 2. The Morgan fingerprint density at radius 3 is 2.73 bits per heavy atom. The fourth-order valence-corrected chi connectivity index (χ4v) is 4.22. The van der Waals surface area contributed by atoms with E-state index in [0.29, 0.717) is 12.0 Å². The minimum absolute atomic E-state index is 0.484. The summed E-state index contributed by atoms with van der Waals surface area (Å²) in [5.74, 6) is 2.28. The minimum atomic E-state index is 0.484. The Bertz CT molecular complexity index is 368. The summed E-state index contributed by atoms with van der Waals surface area (Å²) in [7, 11) is 0. The second-order valence-electron chi connectivity index (χ2n) is 7.67. The molecule has 3 aliphatic rings. The first kappa shape index (κ1) is 16.5. The molecule has 3 atom stereocenters. The van der Waals surface area contributed by atoms with E-state index in [0.717, 1.165) is 31.7 Å². The third-order valence-electron chi connectivity index (χ3n) is 5.94. The van der Waals surface area contributed by atoms with Crippen LogP contribution in [-0.4, -0.2) is 50.5 Å². The molecule has 22 heavy (non-hydrogen) atoms. The summed E-state index contributed by atoms with van der Waals surface area (Å²) >= 11 is 0. The number of hydrogen-bond donors (Lipinski definition) is 0. The third kappa shape index (κ3) is 4.33. The van der Waals surface area contributed by atoms with Gasteiger partial charge in [0, 0.05) is 32.2 Å². The van der Waals surface area contributed by atoms with Crippen molar-refractivity contribution in [2.75, 3.05) is 39.5 Å². The molecule has 3 rings (SSSR count). The van der Waals surface area contributed by atoms with E-state index < -0.39 is 0 Å². The second-order valence-corrected chi connectivity index (χ2v) is 7.67. The topological polar surface area (TPSA) is 21.7 Å². The predicted molar refractivity (Wildman–Crippen MR) is 90.0 cm³/mol. The maximum absolute atomic E-state index is 6.13. The summed E-state index contributed by atoms with van der Waals surface area (Å²) < 4.78 is 11.6. The zero-order chi connectivity index (χ0) is 15.4. The maximum atomic E-state index is 6.13. The highest BCUT2D eigenvalue weighted by Gasteiger charge is 2.27. The average Bonchev–Trinajstić information content (AvgIpc) is 3.04. The highest BCUT2D eigenvalue weighted by Crippen LogP contribution is 2.31. The van der Waals surface area contributed by atoms with Crippen LogP contribution < -0.4 is 0 Å². The fraction of sp³-hybridized carbons (Fsp3) is 0.895. The lowest BCUT2D eigenvalue weighted by Gasteiger charge is -2.37. The third-order valence-corrected chi connectivity index (χ3v) is 5.94. The molecule has 0 aromatic heterocycles. The van der Waals surface area contributed by atoms with Gasteiger partial charge in [0.15, 0.2) is 0 Å². The first-order chi connectivity index (χ1) is 10.7. The van der Waals surface area contributed by atoms with E-state index in [1.54, 1.807) is 5.57 Å². The number of rotatable bonds is 5. The summed E-state index contributed by atoms with van der Waals surface area (Å²) in [6.07, 6.45) is 9.19. The van der Waals surface area contributed by atoms with Crippen molar-refractivity contribution in [2.24, 2.45) is 17.8 Å². The van der Waals surface area contributed by atoms with Gasteiger partial charge < -0.3 is 14.4 Å². The van der Waals surface area contributed by atoms with Gasteiger partial charge in [-0.25, -0.2) is 0 Å². The summed E-state index contributed by atoms with van der Waals surface area (Å²) in [5.41, 5.74) is 1.62. The number of piperidine rings is 1. The van der Waals surface area contributed by atoms with Crippen LogP contribution in [0.2, 0.25) is 0 Å². The Balaban J connectivity index is 1.38. The first-order valence-corrected chi connectivity index (χ1v) is 9.30. The van der Waals surface area contributed by atoms with Crippen LogP contribution in [0.1, 0.15) is 46.0 Å². The van der Waals surface area contributed by atoms with Gasteiger partial charge in [-0.05, 0) is 50.9 Å². The molecule has 3 heteroatoms. The van der Waals surface area contributed by atoms with E-state index in [1.165, 1.54) is 51.7 Å². The minimum Gasteiger partial charge on any atom is -0.381 e. The van der Waals surface area contributed by atoms with Crippen LogP contribution >= 0.6 is 0 Å². The lowest BCUT2D eigenvalue weighted by Crippen LogP contribution is -2.41. The van der Waals surface area contributed by atoms with Crippen molar-refractivity contribution >= 4 is 0 Å². The lowest BCUT2D eigenvalue weighted by molar-refractivity contribution is -0.0130. The Kier molecular flexibility index (Phi) is 5.95. The average molecular weight is 307 g/mol. The van der Waals surface area contributed by atoms with Crippen LogP contribution in [0.15, 0.2) is 11.6 Å². The van der Waals surface area contributed by atoms with Crippen LogP contribution in [0.25, 0.3) is 0 Å². The molecule has 0 aromatic rings. The second kappa shape index (κ2) is 7.94. The standard InChI is InChI=1S/C19H33NO2/c1-15-4-3-5-16(2)19(15)12-20-9-6-18(7-10-20)22-14-17-8-11-21-13-17/h4,16-19H,3,5-14H2,1-2H3/t16-,17-,19+/m0/s1. The number of likely N-dealkylation sites (tertiary alicyclic amines) is 1. The number of nitrogens with zero attached hydrogens (tertiary/aromatic N) is 1. The predicted octanol–water partition coefficient (Wildman–Crippen LogP) is 3.50. The lowest BCUT2D eigenvalue weighted by atomic mass is 9.79. The molecule has 0 amide bonds. The summed E-state index contributed by atoms with van der Waals surface area (Å²) in [6.45, 7) is 11.2. The first-order valence-electron chi connectivity index (χ1n) is 9.30. The van der Waals surface area contributed by atoms with Crippen LogP contribution in [0, 0.1) is 17.8 Å². The summed E-state index contributed by atoms with van der Waals surface area (Å²) in [5, 5.41) is 0. The maximum Gasteiger partial charge on any atom is 0.0599 e. The molecule has 0 aromatic carbocycles. The van der Waals surface area contributed by atoms with Crippen LogP contribution in [0.4, 0.5) is 0 Å². The highest BCUT2D eigenvalue weighted by molar-refractivity contribution is 5.09. The Morgan fingerprint density at radius 1 is 1.23 bits per heavy atom. The molecule has 0 bridgehead atoms. The van der Waals surface area contributed by atoms with E-state index in [9.17, 15) is 0 Å². The van der Waals surface area contributed by atoms with Gasteiger partial charge in [-0.1, -0.05) is 18.6 Å². The van der Waals surface area contributed by atoms with Gasteiger partial charge in [0.05, 0.1) is 19.3 Å². The zero-order valence-electron chi connectivity index (χ0n) is 14.4. The molecule has 0 N–H and O–H groups in total. The molecule has 2 fully saturated rings. The molecule has 2 aliphatic heterocycles. The monoisotopic (exact) mass is 307 g/mol. The van der Waals surface area contributed by atoms with Gasteiger partial charge in [0.1, 0.15) is 0 Å². The summed E-state index contributed by atoms with van der Waals surface area (Å²) in [4.78, 5) is 2.67. The van der Waals surface area contributed by atoms with E-state index in [1.807, 2.05) is 0 Å². The van der Waals surface area contributed by atoms with Gasteiger partial charge in [0.25, 0.3) is 0 Å². The normalized spacial score (nSPS) is 34.8. The van der Waals surface area contributed by atoms with Crippen molar-refractivity contribution < 1.29 is 9.47 Å². The van der Waals surface area contributed by atoms with Crippen molar-refractivity contribution in [3.8, 4) is 0 Å². The Hall–Kier alpha value is -0.380. The van der Waals surface area contributed by atoms with E-state index >= 15 is 0 Å². The molecule has 3 nitrogen and oxygen atoms in total. The largest absolute Gasteiger partial charge is 0.381 e. The quantitative estimate of drug-likeness (QED) is 0.726. The highest BCUT2D eigenvalue weighted by atomic mass is 16.5. The zero-order valence-corrected chi connectivity index (χ0v) is 14.4. The molecule has 2 heterocycles. The molecule has 0 spiro atoms. The molecule has 1 aliphatic carbocycles. The van der Waals surface area contributed by atoms with Gasteiger partial charge >= 0.3 is 0 Å². The Morgan fingerprint density at radius 2 is 2.05 bits per heavy atom. The van der Waals surface area contributed by atoms with E-state index in [-0.39, 0.29) is 0 Å². The number of allylic oxidation sites excluding steroid dienone is 1. The summed E-state index contributed by atoms with van der Waals surface area (Å²) in [6, 6.07) is 0. The van der Waals surface area contributed by atoms with Gasteiger partial charge in [-0.2, -0.15) is 0 Å². The molecule has 0 unspecified atom stereocenters. The van der Waals surface area contributed by atoms with E-state index in [2.05, 4.69) is 24.8 Å². The molecular weight excluding hydrogens is 274 g/mol. The van der Waals surface area contributed by atoms with Crippen LogP contribution in [0.5, 0.6) is 0 Å². The Labute approximate surface area is 136 Å². The fourth-order valence-electron chi connectivity index (χ4n) is 4.22. The molecule has 2 saturated heterocycles.